The molecule has 1 N–H and O–H groups in total. The van der Waals surface area contributed by atoms with E-state index in [1.165, 1.54) is 11.3 Å². The predicted molar refractivity (Wildman–Crippen MR) is 122 cm³/mol. The van der Waals surface area contributed by atoms with E-state index in [1.807, 2.05) is 25.1 Å². The van der Waals surface area contributed by atoms with Crippen molar-refractivity contribution in [1.29, 1.82) is 5.26 Å². The van der Waals surface area contributed by atoms with Crippen LogP contribution in [0.15, 0.2) is 28.4 Å². The van der Waals surface area contributed by atoms with Gasteiger partial charge in [-0.25, -0.2) is 4.85 Å². The SMILES string of the molecule is [C-]#[N+]c1c(N=Nc2ccc(N(CC)CC(O)C[N+](C)(C)C)cc2C)sc(C#N)c1C. The number of thiophene rings is 1. The zero-order valence-corrected chi connectivity index (χ0v) is 19.3. The van der Waals surface area contributed by atoms with Gasteiger partial charge in [-0.15, -0.1) is 11.3 Å². The summed E-state index contributed by atoms with van der Waals surface area (Å²) in [5.74, 6) is 0. The Labute approximate surface area is 182 Å². The van der Waals surface area contributed by atoms with Gasteiger partial charge in [-0.2, -0.15) is 15.5 Å². The van der Waals surface area contributed by atoms with Gasteiger partial charge in [0.2, 0.25) is 5.69 Å². The molecule has 0 amide bonds. The van der Waals surface area contributed by atoms with E-state index in [9.17, 15) is 10.4 Å². The Kier molecular flexibility index (Phi) is 7.69. The molecule has 0 saturated carbocycles. The molecule has 158 valence electrons. The number of nitrogens with zero attached hydrogens (tertiary/aromatic N) is 6. The lowest BCUT2D eigenvalue weighted by molar-refractivity contribution is -0.873. The van der Waals surface area contributed by atoms with Crippen LogP contribution in [-0.4, -0.2) is 56.5 Å². The van der Waals surface area contributed by atoms with E-state index in [-0.39, 0.29) is 0 Å². The van der Waals surface area contributed by atoms with Gasteiger partial charge in [-0.1, -0.05) is 0 Å². The molecule has 8 heteroatoms. The van der Waals surface area contributed by atoms with Crippen molar-refractivity contribution in [2.45, 2.75) is 26.9 Å². The third-order valence-corrected chi connectivity index (χ3v) is 5.75. The lowest BCUT2D eigenvalue weighted by atomic mass is 10.1. The molecule has 2 aromatic rings. The van der Waals surface area contributed by atoms with Gasteiger partial charge in [-0.05, 0) is 50.1 Å². The highest BCUT2D eigenvalue weighted by atomic mass is 32.1. The average molecular weight is 426 g/mol. The monoisotopic (exact) mass is 425 g/mol. The lowest BCUT2D eigenvalue weighted by Gasteiger charge is -2.31. The highest BCUT2D eigenvalue weighted by molar-refractivity contribution is 7.17. The summed E-state index contributed by atoms with van der Waals surface area (Å²) < 4.78 is 0.708. The van der Waals surface area contributed by atoms with Crippen LogP contribution in [0.3, 0.4) is 0 Å². The number of likely N-dealkylation sites (N-methyl/N-ethyl adjacent to an activating group) is 2. The van der Waals surface area contributed by atoms with Gasteiger partial charge in [0.25, 0.3) is 0 Å². The van der Waals surface area contributed by atoms with E-state index in [0.717, 1.165) is 17.8 Å². The van der Waals surface area contributed by atoms with Crippen molar-refractivity contribution in [1.82, 2.24) is 0 Å². The highest BCUT2D eigenvalue weighted by Gasteiger charge is 2.19. The molecule has 1 heterocycles. The van der Waals surface area contributed by atoms with Gasteiger partial charge in [0.05, 0.1) is 38.3 Å². The molecule has 30 heavy (non-hydrogen) atoms. The molecular formula is C22H29N6OS+. The quantitative estimate of drug-likeness (QED) is 0.363. The first-order chi connectivity index (χ1) is 14.1. The van der Waals surface area contributed by atoms with Crippen molar-refractivity contribution in [3.05, 3.63) is 45.6 Å². The Morgan fingerprint density at radius 3 is 2.53 bits per heavy atom. The topological polar surface area (TPSA) is 76.3 Å². The fourth-order valence-electron chi connectivity index (χ4n) is 3.20. The molecule has 1 atom stereocenters. The molecule has 7 nitrogen and oxygen atoms in total. The first-order valence-electron chi connectivity index (χ1n) is 9.76. The van der Waals surface area contributed by atoms with Crippen molar-refractivity contribution in [3.8, 4) is 6.07 Å². The van der Waals surface area contributed by atoms with Crippen LogP contribution in [0.25, 0.3) is 4.85 Å². The Hall–Kier alpha value is -2.78. The molecule has 0 radical (unpaired) electrons. The minimum atomic E-state index is -0.423. The summed E-state index contributed by atoms with van der Waals surface area (Å²) in [6.45, 7) is 15.2. The third kappa shape index (κ3) is 5.87. The van der Waals surface area contributed by atoms with E-state index < -0.39 is 6.10 Å². The van der Waals surface area contributed by atoms with Gasteiger partial charge < -0.3 is 14.5 Å². The summed E-state index contributed by atoms with van der Waals surface area (Å²) in [7, 11) is 6.20. The summed E-state index contributed by atoms with van der Waals surface area (Å²) in [6.07, 6.45) is -0.423. The maximum atomic E-state index is 10.4. The summed E-state index contributed by atoms with van der Waals surface area (Å²) in [6, 6.07) is 8.00. The van der Waals surface area contributed by atoms with E-state index in [4.69, 9.17) is 6.57 Å². The van der Waals surface area contributed by atoms with Crippen molar-refractivity contribution >= 4 is 33.4 Å². The number of benzene rings is 1. The first kappa shape index (κ1) is 23.5. The molecule has 1 unspecified atom stereocenters. The van der Waals surface area contributed by atoms with Gasteiger partial charge in [-0.3, -0.25) is 0 Å². The number of hydrogen-bond donors (Lipinski definition) is 1. The lowest BCUT2D eigenvalue weighted by Crippen LogP contribution is -2.46. The molecule has 0 saturated heterocycles. The Morgan fingerprint density at radius 2 is 2.00 bits per heavy atom. The molecule has 0 bridgehead atoms. The molecule has 0 aliphatic carbocycles. The molecule has 1 aromatic heterocycles. The number of hydrogen-bond acceptors (Lipinski definition) is 6. The summed E-state index contributed by atoms with van der Waals surface area (Å²) >= 11 is 1.19. The number of quaternary nitrogens is 1. The second kappa shape index (κ2) is 9.82. The second-order valence-corrected chi connectivity index (χ2v) is 9.27. The van der Waals surface area contributed by atoms with Crippen molar-refractivity contribution in [2.75, 3.05) is 45.7 Å². The van der Waals surface area contributed by atoms with Crippen LogP contribution in [0.4, 0.5) is 22.1 Å². The molecular weight excluding hydrogens is 396 g/mol. The molecule has 2 rings (SSSR count). The minimum absolute atomic E-state index is 0.387. The largest absolute Gasteiger partial charge is 0.385 e. The van der Waals surface area contributed by atoms with Crippen molar-refractivity contribution < 1.29 is 9.59 Å². The smallest absolute Gasteiger partial charge is 0.229 e. The van der Waals surface area contributed by atoms with Crippen molar-refractivity contribution in [3.63, 3.8) is 0 Å². The first-order valence-corrected chi connectivity index (χ1v) is 10.6. The number of anilines is 1. The third-order valence-electron chi connectivity index (χ3n) is 4.68. The van der Waals surface area contributed by atoms with Gasteiger partial charge >= 0.3 is 0 Å². The second-order valence-electron chi connectivity index (χ2n) is 8.27. The van der Waals surface area contributed by atoms with Crippen LogP contribution in [0.2, 0.25) is 0 Å². The summed E-state index contributed by atoms with van der Waals surface area (Å²) in [4.78, 5) is 6.14. The van der Waals surface area contributed by atoms with Crippen LogP contribution in [0.1, 0.15) is 22.9 Å². The standard InChI is InChI=1S/C22H29N6OS/c1-8-27(13-18(29)14-28(5,6)7)17-9-10-19(15(2)11-17)25-26-22-21(24-4)16(3)20(12-23)30-22/h9-11,18,29H,8,13-14H2,1-3,5-7H3/q+1. The fourth-order valence-corrected chi connectivity index (χ4v) is 4.07. The van der Waals surface area contributed by atoms with Crippen LogP contribution < -0.4 is 4.90 Å². The van der Waals surface area contributed by atoms with E-state index >= 15 is 0 Å². The van der Waals surface area contributed by atoms with E-state index in [0.29, 0.717) is 44.4 Å². The maximum absolute atomic E-state index is 10.4. The number of aryl methyl sites for hydroxylation is 1. The zero-order valence-electron chi connectivity index (χ0n) is 18.5. The number of aliphatic hydroxyl groups excluding tert-OH is 1. The van der Waals surface area contributed by atoms with E-state index in [1.54, 1.807) is 6.92 Å². The van der Waals surface area contributed by atoms with Gasteiger partial charge in [0, 0.05) is 18.8 Å². The molecule has 0 aliphatic heterocycles. The molecule has 0 spiro atoms. The average Bonchev–Trinajstić information content (AvgIpc) is 2.98. The van der Waals surface area contributed by atoms with Crippen LogP contribution in [0.5, 0.6) is 0 Å². The van der Waals surface area contributed by atoms with Crippen molar-refractivity contribution in [2.24, 2.45) is 10.2 Å². The Bertz CT molecular complexity index is 1010. The van der Waals surface area contributed by atoms with Crippen LogP contribution >= 0.6 is 11.3 Å². The number of nitriles is 1. The fraction of sp³-hybridized carbons (Fsp3) is 0.455. The normalized spacial score (nSPS) is 12.6. The molecule has 1 aromatic carbocycles. The van der Waals surface area contributed by atoms with Crippen LogP contribution in [-0.2, 0) is 0 Å². The predicted octanol–water partition coefficient (Wildman–Crippen LogP) is 5.10. The highest BCUT2D eigenvalue weighted by Crippen LogP contribution is 2.42. The van der Waals surface area contributed by atoms with E-state index in [2.05, 4.69) is 54.1 Å². The van der Waals surface area contributed by atoms with Gasteiger partial charge in [0.1, 0.15) is 23.7 Å². The maximum Gasteiger partial charge on any atom is 0.229 e. The number of rotatable bonds is 8. The number of aliphatic hydroxyl groups is 1. The molecule has 0 aliphatic rings. The Balaban J connectivity index is 2.22. The zero-order chi connectivity index (χ0) is 22.5. The molecule has 0 fully saturated rings. The number of azo groups is 1. The summed E-state index contributed by atoms with van der Waals surface area (Å²) in [5, 5.41) is 28.6. The summed E-state index contributed by atoms with van der Waals surface area (Å²) in [5.41, 5.74) is 3.73. The van der Waals surface area contributed by atoms with Gasteiger partial charge in [0.15, 0.2) is 0 Å². The van der Waals surface area contributed by atoms with Crippen LogP contribution in [0, 0.1) is 31.8 Å². The minimum Gasteiger partial charge on any atom is -0.385 e. The Morgan fingerprint density at radius 1 is 1.30 bits per heavy atom.